The summed E-state index contributed by atoms with van der Waals surface area (Å²) in [5.41, 5.74) is 0.930. The second-order valence-electron chi connectivity index (χ2n) is 6.08. The minimum Gasteiger partial charge on any atom is -0.314 e. The molecule has 1 aromatic carbocycles. The first-order chi connectivity index (χ1) is 13.0. The Labute approximate surface area is 160 Å². The van der Waals surface area contributed by atoms with Crippen LogP contribution in [0.1, 0.15) is 16.1 Å². The standard InChI is InChI=1S/C18H20FN5O2S/c1-20-14-10-23(16(25)9-12-3-5-13(19)6-4-12)24(11-14)17(26)15-7-8-21-18(22-15)27-2/h3-8,14,20H,9-11H2,1-2H3. The number of likely N-dealkylation sites (N-methyl/N-ethyl adjacent to an activating group) is 1. The van der Waals surface area contributed by atoms with E-state index < -0.39 is 0 Å². The lowest BCUT2D eigenvalue weighted by Crippen LogP contribution is -2.45. The molecule has 27 heavy (non-hydrogen) atoms. The molecule has 1 atom stereocenters. The number of thioether (sulfide) groups is 1. The van der Waals surface area contributed by atoms with Gasteiger partial charge in [-0.2, -0.15) is 0 Å². The van der Waals surface area contributed by atoms with Crippen LogP contribution in [0.2, 0.25) is 0 Å². The van der Waals surface area contributed by atoms with E-state index >= 15 is 0 Å². The number of rotatable bonds is 5. The van der Waals surface area contributed by atoms with Gasteiger partial charge in [-0.15, -0.1) is 0 Å². The Bertz CT molecular complexity index is 833. The molecular weight excluding hydrogens is 369 g/mol. The van der Waals surface area contributed by atoms with Crippen molar-refractivity contribution in [2.75, 3.05) is 26.4 Å². The van der Waals surface area contributed by atoms with Gasteiger partial charge in [-0.1, -0.05) is 23.9 Å². The minimum atomic E-state index is -0.354. The van der Waals surface area contributed by atoms with Crippen molar-refractivity contribution < 1.29 is 14.0 Å². The highest BCUT2D eigenvalue weighted by atomic mass is 32.2. The molecule has 0 radical (unpaired) electrons. The maximum atomic E-state index is 13.1. The maximum absolute atomic E-state index is 13.1. The molecule has 2 heterocycles. The fraction of sp³-hybridized carbons (Fsp3) is 0.333. The second-order valence-corrected chi connectivity index (χ2v) is 6.85. The first kappa shape index (κ1) is 19.2. The van der Waals surface area contributed by atoms with Gasteiger partial charge in [-0.3, -0.25) is 9.59 Å². The third-order valence-corrected chi connectivity index (χ3v) is 4.87. The maximum Gasteiger partial charge on any atom is 0.291 e. The average Bonchev–Trinajstić information content (AvgIpc) is 3.14. The fourth-order valence-electron chi connectivity index (χ4n) is 2.84. The molecule has 3 rings (SSSR count). The SMILES string of the molecule is CNC1CN(C(=O)Cc2ccc(F)cc2)N(C(=O)c2ccnc(SC)n2)C1. The van der Waals surface area contributed by atoms with Gasteiger partial charge in [0.1, 0.15) is 11.5 Å². The number of carbonyl (C=O) groups excluding carboxylic acids is 2. The Balaban J connectivity index is 1.80. The molecule has 7 nitrogen and oxygen atoms in total. The summed E-state index contributed by atoms with van der Waals surface area (Å²) in [6.45, 7) is 0.742. The van der Waals surface area contributed by atoms with Crippen molar-refractivity contribution in [1.29, 1.82) is 0 Å². The van der Waals surface area contributed by atoms with E-state index in [1.54, 1.807) is 19.2 Å². The molecule has 1 fully saturated rings. The van der Waals surface area contributed by atoms with Gasteiger partial charge >= 0.3 is 0 Å². The zero-order chi connectivity index (χ0) is 19.4. The Hall–Kier alpha value is -2.52. The highest BCUT2D eigenvalue weighted by Crippen LogP contribution is 2.18. The van der Waals surface area contributed by atoms with Crippen LogP contribution >= 0.6 is 11.8 Å². The quantitative estimate of drug-likeness (QED) is 0.615. The number of hydrogen-bond acceptors (Lipinski definition) is 6. The number of nitrogens with zero attached hydrogens (tertiary/aromatic N) is 4. The zero-order valence-electron chi connectivity index (χ0n) is 15.1. The third-order valence-electron chi connectivity index (χ3n) is 4.31. The third kappa shape index (κ3) is 4.42. The van der Waals surface area contributed by atoms with Gasteiger partial charge in [-0.25, -0.2) is 24.4 Å². The van der Waals surface area contributed by atoms with Crippen LogP contribution in [0.15, 0.2) is 41.7 Å². The number of aromatic nitrogens is 2. The van der Waals surface area contributed by atoms with Crippen molar-refractivity contribution in [1.82, 2.24) is 25.3 Å². The first-order valence-corrected chi connectivity index (χ1v) is 9.65. The van der Waals surface area contributed by atoms with Crippen LogP contribution in [0.5, 0.6) is 0 Å². The predicted octanol–water partition coefficient (Wildman–Crippen LogP) is 1.37. The normalized spacial score (nSPS) is 16.6. The van der Waals surface area contributed by atoms with E-state index in [1.807, 2.05) is 6.26 Å². The number of hydrogen-bond donors (Lipinski definition) is 1. The highest BCUT2D eigenvalue weighted by Gasteiger charge is 2.37. The minimum absolute atomic E-state index is 0.0343. The van der Waals surface area contributed by atoms with Crippen molar-refractivity contribution in [2.24, 2.45) is 0 Å². The Morgan fingerprint density at radius 3 is 2.59 bits per heavy atom. The van der Waals surface area contributed by atoms with Crippen LogP contribution in [0, 0.1) is 5.82 Å². The average molecular weight is 389 g/mol. The monoisotopic (exact) mass is 389 g/mol. The molecule has 0 saturated carbocycles. The zero-order valence-corrected chi connectivity index (χ0v) is 15.9. The van der Waals surface area contributed by atoms with Crippen LogP contribution in [0.25, 0.3) is 0 Å². The fourth-order valence-corrected chi connectivity index (χ4v) is 3.20. The smallest absolute Gasteiger partial charge is 0.291 e. The van der Waals surface area contributed by atoms with Crippen LogP contribution in [0.4, 0.5) is 4.39 Å². The molecule has 1 N–H and O–H groups in total. The largest absolute Gasteiger partial charge is 0.314 e. The van der Waals surface area contributed by atoms with E-state index in [1.165, 1.54) is 46.2 Å². The van der Waals surface area contributed by atoms with Gasteiger partial charge in [0.15, 0.2) is 5.16 Å². The number of benzene rings is 1. The second kappa shape index (κ2) is 8.45. The van der Waals surface area contributed by atoms with E-state index in [4.69, 9.17) is 0 Å². The molecule has 2 aromatic rings. The molecule has 0 bridgehead atoms. The summed E-state index contributed by atoms with van der Waals surface area (Å²) >= 11 is 1.34. The van der Waals surface area contributed by atoms with Crippen LogP contribution < -0.4 is 5.32 Å². The van der Waals surface area contributed by atoms with Gasteiger partial charge < -0.3 is 5.32 Å². The summed E-state index contributed by atoms with van der Waals surface area (Å²) in [6.07, 6.45) is 3.44. The Morgan fingerprint density at radius 2 is 1.93 bits per heavy atom. The first-order valence-electron chi connectivity index (χ1n) is 8.42. The van der Waals surface area contributed by atoms with Crippen molar-refractivity contribution in [3.63, 3.8) is 0 Å². The lowest BCUT2D eigenvalue weighted by molar-refractivity contribution is -0.139. The Kier molecular flexibility index (Phi) is 6.02. The topological polar surface area (TPSA) is 78.4 Å². The van der Waals surface area contributed by atoms with Gasteiger partial charge in [0, 0.05) is 12.2 Å². The number of nitrogens with one attached hydrogen (secondary N) is 1. The lowest BCUT2D eigenvalue weighted by Gasteiger charge is -2.27. The molecule has 1 aliphatic rings. The van der Waals surface area contributed by atoms with Gasteiger partial charge in [0.2, 0.25) is 5.91 Å². The molecule has 142 valence electrons. The van der Waals surface area contributed by atoms with Gasteiger partial charge in [0.25, 0.3) is 5.91 Å². The number of hydrazine groups is 1. The molecule has 0 spiro atoms. The van der Waals surface area contributed by atoms with Crippen LogP contribution in [-0.2, 0) is 11.2 Å². The molecular formula is C18H20FN5O2S. The van der Waals surface area contributed by atoms with Crippen molar-refractivity contribution in [2.45, 2.75) is 17.6 Å². The number of halogens is 1. The number of carbonyl (C=O) groups is 2. The summed E-state index contributed by atoms with van der Waals surface area (Å²) in [6, 6.07) is 7.28. The summed E-state index contributed by atoms with van der Waals surface area (Å²) in [5, 5.41) is 6.45. The highest BCUT2D eigenvalue weighted by molar-refractivity contribution is 7.98. The molecule has 1 aromatic heterocycles. The summed E-state index contributed by atoms with van der Waals surface area (Å²) in [5.74, 6) is -0.933. The van der Waals surface area contributed by atoms with Gasteiger partial charge in [-0.05, 0) is 37.1 Å². The number of amides is 2. The summed E-state index contributed by atoms with van der Waals surface area (Å²) < 4.78 is 13.1. The lowest BCUT2D eigenvalue weighted by atomic mass is 10.1. The van der Waals surface area contributed by atoms with Crippen molar-refractivity contribution in [3.8, 4) is 0 Å². The van der Waals surface area contributed by atoms with E-state index in [0.29, 0.717) is 23.8 Å². The Morgan fingerprint density at radius 1 is 1.22 bits per heavy atom. The van der Waals surface area contributed by atoms with E-state index in [-0.39, 0.29) is 35.8 Å². The van der Waals surface area contributed by atoms with Crippen molar-refractivity contribution in [3.05, 3.63) is 53.6 Å². The molecule has 1 aliphatic heterocycles. The van der Waals surface area contributed by atoms with Crippen molar-refractivity contribution >= 4 is 23.6 Å². The van der Waals surface area contributed by atoms with Crippen LogP contribution in [-0.4, -0.2) is 64.2 Å². The predicted molar refractivity (Wildman–Crippen MR) is 99.5 cm³/mol. The van der Waals surface area contributed by atoms with E-state index in [9.17, 15) is 14.0 Å². The summed E-state index contributed by atoms with van der Waals surface area (Å²) in [4.78, 5) is 34.1. The molecule has 0 aliphatic carbocycles. The van der Waals surface area contributed by atoms with E-state index in [0.717, 1.165) is 0 Å². The molecule has 1 unspecified atom stereocenters. The van der Waals surface area contributed by atoms with E-state index in [2.05, 4.69) is 15.3 Å². The van der Waals surface area contributed by atoms with Crippen LogP contribution in [0.3, 0.4) is 0 Å². The molecule has 1 saturated heterocycles. The molecule has 9 heteroatoms. The van der Waals surface area contributed by atoms with Gasteiger partial charge in [0.05, 0.1) is 19.5 Å². The molecule has 2 amide bonds. The summed E-state index contributed by atoms with van der Waals surface area (Å²) in [7, 11) is 1.79.